The summed E-state index contributed by atoms with van der Waals surface area (Å²) in [5, 5.41) is 3.51. The molecule has 23 heavy (non-hydrogen) atoms. The normalized spacial score (nSPS) is 12.5. The summed E-state index contributed by atoms with van der Waals surface area (Å²) in [6, 6.07) is 7.64. The number of anilines is 2. The van der Waals surface area contributed by atoms with E-state index in [2.05, 4.69) is 15.3 Å². The van der Waals surface area contributed by atoms with Gasteiger partial charge in [-0.3, -0.25) is 4.21 Å². The Bertz CT molecular complexity index is 707. The van der Waals surface area contributed by atoms with E-state index in [1.807, 2.05) is 52.0 Å². The van der Waals surface area contributed by atoms with E-state index in [1.165, 1.54) is 6.20 Å². The monoisotopic (exact) mass is 353 g/mol. The lowest BCUT2D eigenvalue weighted by atomic mass is 10.3. The molecule has 0 bridgehead atoms. The molecule has 1 N–H and O–H groups in total. The van der Waals surface area contributed by atoms with Crippen molar-refractivity contribution in [1.82, 2.24) is 9.97 Å². The maximum atomic E-state index is 12.4. The number of hydrogen-bond donors (Lipinski definition) is 1. The van der Waals surface area contributed by atoms with Gasteiger partial charge in [-0.25, -0.2) is 4.98 Å². The smallest absolute Gasteiger partial charge is 0.318 e. The van der Waals surface area contributed by atoms with E-state index >= 15 is 0 Å². The van der Waals surface area contributed by atoms with E-state index in [0.717, 1.165) is 0 Å². The molecule has 1 aromatic heterocycles. The first-order valence-corrected chi connectivity index (χ1v) is 8.93. The van der Waals surface area contributed by atoms with Crippen LogP contribution in [0.1, 0.15) is 27.7 Å². The number of halogens is 1. The van der Waals surface area contributed by atoms with Crippen LogP contribution in [0.2, 0.25) is 5.02 Å². The van der Waals surface area contributed by atoms with Crippen molar-refractivity contribution in [1.29, 1.82) is 0 Å². The summed E-state index contributed by atoms with van der Waals surface area (Å²) < 4.78 is 17.9. The van der Waals surface area contributed by atoms with Crippen molar-refractivity contribution in [2.75, 3.05) is 5.32 Å². The first-order chi connectivity index (χ1) is 10.9. The zero-order valence-corrected chi connectivity index (χ0v) is 15.1. The number of benzene rings is 1. The number of hydrogen-bond acceptors (Lipinski definition) is 5. The summed E-state index contributed by atoms with van der Waals surface area (Å²) in [6.07, 6.45) is 1.45. The van der Waals surface area contributed by atoms with Crippen LogP contribution in [0, 0.1) is 0 Å². The molecule has 1 heterocycles. The highest BCUT2D eigenvalue weighted by molar-refractivity contribution is 7.85. The van der Waals surface area contributed by atoms with Gasteiger partial charge in [0.1, 0.15) is 5.02 Å². The van der Waals surface area contributed by atoms with E-state index in [-0.39, 0.29) is 17.4 Å². The summed E-state index contributed by atoms with van der Waals surface area (Å²) in [5.41, 5.74) is 0.704. The van der Waals surface area contributed by atoms with Gasteiger partial charge in [-0.15, -0.1) is 0 Å². The molecule has 2 rings (SSSR count). The van der Waals surface area contributed by atoms with Crippen LogP contribution in [0.3, 0.4) is 0 Å². The predicted molar refractivity (Wildman–Crippen MR) is 94.1 cm³/mol. The maximum Gasteiger partial charge on any atom is 0.318 e. The Kier molecular flexibility index (Phi) is 5.96. The van der Waals surface area contributed by atoms with Gasteiger partial charge in [0.05, 0.1) is 33.7 Å². The highest BCUT2D eigenvalue weighted by Gasteiger charge is 2.15. The quantitative estimate of drug-likeness (QED) is 0.844. The van der Waals surface area contributed by atoms with Crippen LogP contribution in [0.4, 0.5) is 11.5 Å². The third-order valence-corrected chi connectivity index (χ3v) is 4.77. The Balaban J connectivity index is 2.34. The lowest BCUT2D eigenvalue weighted by Crippen LogP contribution is -2.10. The molecule has 0 fully saturated rings. The standard InChI is InChI=1S/C16H20ClN3O2S/c1-10(2)22-16-18-9-12(17)15(20-16)19-13-7-5-6-8-14(13)23(21)11(3)4/h5-11H,1-4H3,(H,18,19,20). The number of ether oxygens (including phenoxy) is 1. The number of nitrogens with zero attached hydrogens (tertiary/aromatic N) is 2. The van der Waals surface area contributed by atoms with Crippen LogP contribution in [0.5, 0.6) is 6.01 Å². The minimum Gasteiger partial charge on any atom is -0.461 e. The van der Waals surface area contributed by atoms with Crippen LogP contribution < -0.4 is 10.1 Å². The average molecular weight is 354 g/mol. The largest absolute Gasteiger partial charge is 0.461 e. The Labute approximate surface area is 143 Å². The van der Waals surface area contributed by atoms with Gasteiger partial charge in [0.25, 0.3) is 0 Å². The van der Waals surface area contributed by atoms with Crippen molar-refractivity contribution < 1.29 is 8.95 Å². The second-order valence-electron chi connectivity index (χ2n) is 5.48. The third-order valence-electron chi connectivity index (χ3n) is 2.85. The summed E-state index contributed by atoms with van der Waals surface area (Å²) in [4.78, 5) is 9.03. The SMILES string of the molecule is CC(C)Oc1ncc(Cl)c(Nc2ccccc2S(=O)C(C)C)n1. The molecule has 0 aliphatic carbocycles. The molecular formula is C16H20ClN3O2S. The molecule has 0 saturated heterocycles. The molecule has 2 aromatic rings. The number of para-hydroxylation sites is 1. The Hall–Kier alpha value is -1.66. The highest BCUT2D eigenvalue weighted by atomic mass is 35.5. The van der Waals surface area contributed by atoms with Crippen molar-refractivity contribution in [3.8, 4) is 6.01 Å². The summed E-state index contributed by atoms with van der Waals surface area (Å²) in [7, 11) is -1.12. The Morgan fingerprint density at radius 2 is 1.91 bits per heavy atom. The van der Waals surface area contributed by atoms with E-state index in [0.29, 0.717) is 21.4 Å². The summed E-state index contributed by atoms with van der Waals surface area (Å²) >= 11 is 6.16. The van der Waals surface area contributed by atoms with Crippen molar-refractivity contribution in [3.63, 3.8) is 0 Å². The van der Waals surface area contributed by atoms with Crippen molar-refractivity contribution >= 4 is 33.9 Å². The lowest BCUT2D eigenvalue weighted by Gasteiger charge is -2.14. The zero-order chi connectivity index (χ0) is 17.0. The lowest BCUT2D eigenvalue weighted by molar-refractivity contribution is 0.222. The van der Waals surface area contributed by atoms with Crippen molar-refractivity contribution in [2.24, 2.45) is 0 Å². The van der Waals surface area contributed by atoms with E-state index in [1.54, 1.807) is 0 Å². The molecule has 0 aliphatic heterocycles. The zero-order valence-electron chi connectivity index (χ0n) is 13.5. The van der Waals surface area contributed by atoms with Crippen molar-refractivity contribution in [3.05, 3.63) is 35.5 Å². The second kappa shape index (κ2) is 7.75. The summed E-state index contributed by atoms with van der Waals surface area (Å²) in [6.45, 7) is 7.62. The molecule has 1 unspecified atom stereocenters. The second-order valence-corrected chi connectivity index (χ2v) is 7.87. The van der Waals surface area contributed by atoms with Gasteiger partial charge in [-0.05, 0) is 26.0 Å². The van der Waals surface area contributed by atoms with Gasteiger partial charge in [0.15, 0.2) is 5.82 Å². The topological polar surface area (TPSA) is 64.1 Å². The summed E-state index contributed by atoms with van der Waals surface area (Å²) in [5.74, 6) is 0.422. The maximum absolute atomic E-state index is 12.4. The first-order valence-electron chi connectivity index (χ1n) is 7.34. The fourth-order valence-electron chi connectivity index (χ4n) is 1.83. The van der Waals surface area contributed by atoms with Crippen LogP contribution in [-0.4, -0.2) is 25.5 Å². The Morgan fingerprint density at radius 3 is 2.57 bits per heavy atom. The molecule has 124 valence electrons. The molecule has 0 spiro atoms. The molecular weight excluding hydrogens is 334 g/mol. The van der Waals surface area contributed by atoms with E-state index in [9.17, 15) is 4.21 Å². The van der Waals surface area contributed by atoms with Gasteiger partial charge in [0.2, 0.25) is 0 Å². The fourth-order valence-corrected chi connectivity index (χ4v) is 3.03. The molecule has 7 heteroatoms. The van der Waals surface area contributed by atoms with Crippen LogP contribution in [0.25, 0.3) is 0 Å². The van der Waals surface area contributed by atoms with E-state index < -0.39 is 10.8 Å². The number of aromatic nitrogens is 2. The number of rotatable bonds is 6. The minimum atomic E-state index is -1.12. The molecule has 5 nitrogen and oxygen atoms in total. The first kappa shape index (κ1) is 17.7. The van der Waals surface area contributed by atoms with Crippen molar-refractivity contribution in [2.45, 2.75) is 43.9 Å². The predicted octanol–water partition coefficient (Wildman–Crippen LogP) is 4.18. The van der Waals surface area contributed by atoms with Crippen LogP contribution >= 0.6 is 11.6 Å². The molecule has 0 amide bonds. The molecule has 0 aliphatic rings. The van der Waals surface area contributed by atoms with Gasteiger partial charge in [0, 0.05) is 5.25 Å². The van der Waals surface area contributed by atoms with Crippen LogP contribution in [-0.2, 0) is 10.8 Å². The fraction of sp³-hybridized carbons (Fsp3) is 0.375. The van der Waals surface area contributed by atoms with Gasteiger partial charge >= 0.3 is 6.01 Å². The Morgan fingerprint density at radius 1 is 1.22 bits per heavy atom. The third kappa shape index (κ3) is 4.65. The average Bonchev–Trinajstić information content (AvgIpc) is 2.50. The van der Waals surface area contributed by atoms with E-state index in [4.69, 9.17) is 16.3 Å². The number of nitrogens with one attached hydrogen (secondary N) is 1. The van der Waals surface area contributed by atoms with Gasteiger partial charge in [-0.1, -0.05) is 37.6 Å². The molecule has 1 aromatic carbocycles. The molecule has 0 radical (unpaired) electrons. The molecule has 1 atom stereocenters. The molecule has 0 saturated carbocycles. The van der Waals surface area contributed by atoms with Crippen LogP contribution in [0.15, 0.2) is 35.4 Å². The minimum absolute atomic E-state index is 0.0126. The highest BCUT2D eigenvalue weighted by Crippen LogP contribution is 2.28. The van der Waals surface area contributed by atoms with Gasteiger partial charge in [-0.2, -0.15) is 4.98 Å². The van der Waals surface area contributed by atoms with Gasteiger partial charge < -0.3 is 10.1 Å².